The van der Waals surface area contributed by atoms with Gasteiger partial charge < -0.3 is 10.6 Å². The standard InChI is InChI=1S/C13H27N3O/c1-4-6-11(7-5-2)16-9-8-15-10-12(16)13(17)14-3/h11-12,15H,4-10H2,1-3H3,(H,14,17). The summed E-state index contributed by atoms with van der Waals surface area (Å²) in [6.45, 7) is 7.21. The van der Waals surface area contributed by atoms with Gasteiger partial charge in [-0.15, -0.1) is 0 Å². The first-order valence-electron chi connectivity index (χ1n) is 6.92. The first kappa shape index (κ1) is 14.5. The molecule has 17 heavy (non-hydrogen) atoms. The van der Waals surface area contributed by atoms with Crippen LogP contribution < -0.4 is 10.6 Å². The van der Waals surface area contributed by atoms with Crippen LogP contribution in [0.25, 0.3) is 0 Å². The average molecular weight is 241 g/mol. The molecule has 1 saturated heterocycles. The zero-order valence-corrected chi connectivity index (χ0v) is 11.5. The molecule has 0 aromatic rings. The van der Waals surface area contributed by atoms with E-state index in [1.807, 2.05) is 0 Å². The lowest BCUT2D eigenvalue weighted by molar-refractivity contribution is -0.127. The van der Waals surface area contributed by atoms with Gasteiger partial charge in [0.15, 0.2) is 0 Å². The van der Waals surface area contributed by atoms with E-state index in [0.717, 1.165) is 19.6 Å². The summed E-state index contributed by atoms with van der Waals surface area (Å²) >= 11 is 0. The Kier molecular flexibility index (Phi) is 6.52. The van der Waals surface area contributed by atoms with Gasteiger partial charge in [-0.1, -0.05) is 26.7 Å². The highest BCUT2D eigenvalue weighted by Crippen LogP contribution is 2.17. The SMILES string of the molecule is CCCC(CCC)N1CCNCC1C(=O)NC. The second kappa shape index (κ2) is 7.67. The van der Waals surface area contributed by atoms with Crippen LogP contribution >= 0.6 is 0 Å². The fraction of sp³-hybridized carbons (Fsp3) is 0.923. The fourth-order valence-corrected chi connectivity index (χ4v) is 2.71. The van der Waals surface area contributed by atoms with Gasteiger partial charge in [-0.05, 0) is 12.8 Å². The van der Waals surface area contributed by atoms with Crippen molar-refractivity contribution in [1.29, 1.82) is 0 Å². The minimum Gasteiger partial charge on any atom is -0.358 e. The highest BCUT2D eigenvalue weighted by Gasteiger charge is 2.31. The van der Waals surface area contributed by atoms with Crippen molar-refractivity contribution in [2.24, 2.45) is 0 Å². The lowest BCUT2D eigenvalue weighted by Gasteiger charge is -2.40. The molecule has 1 unspecified atom stereocenters. The summed E-state index contributed by atoms with van der Waals surface area (Å²) in [5.74, 6) is 0.148. The van der Waals surface area contributed by atoms with E-state index in [4.69, 9.17) is 0 Å². The van der Waals surface area contributed by atoms with E-state index in [1.165, 1.54) is 25.7 Å². The molecular formula is C13H27N3O. The maximum atomic E-state index is 11.9. The quantitative estimate of drug-likeness (QED) is 0.728. The number of nitrogens with zero attached hydrogens (tertiary/aromatic N) is 1. The van der Waals surface area contributed by atoms with Gasteiger partial charge >= 0.3 is 0 Å². The first-order chi connectivity index (χ1) is 8.24. The lowest BCUT2D eigenvalue weighted by Crippen LogP contribution is -2.60. The number of carbonyl (C=O) groups is 1. The van der Waals surface area contributed by atoms with Crippen molar-refractivity contribution in [2.75, 3.05) is 26.7 Å². The molecule has 1 aliphatic rings. The van der Waals surface area contributed by atoms with E-state index in [-0.39, 0.29) is 11.9 Å². The predicted molar refractivity (Wildman–Crippen MR) is 71.0 cm³/mol. The Morgan fingerprint density at radius 2 is 2.06 bits per heavy atom. The van der Waals surface area contributed by atoms with E-state index in [1.54, 1.807) is 7.05 Å². The van der Waals surface area contributed by atoms with Gasteiger partial charge in [0, 0.05) is 32.7 Å². The summed E-state index contributed by atoms with van der Waals surface area (Å²) in [4.78, 5) is 14.3. The van der Waals surface area contributed by atoms with E-state index >= 15 is 0 Å². The van der Waals surface area contributed by atoms with E-state index in [0.29, 0.717) is 6.04 Å². The molecule has 0 aliphatic carbocycles. The van der Waals surface area contributed by atoms with Gasteiger partial charge in [-0.3, -0.25) is 9.69 Å². The molecule has 1 amide bonds. The van der Waals surface area contributed by atoms with Gasteiger partial charge in [0.1, 0.15) is 6.04 Å². The molecule has 0 spiro atoms. The van der Waals surface area contributed by atoms with Crippen LogP contribution in [0.4, 0.5) is 0 Å². The number of hydrogen-bond donors (Lipinski definition) is 2. The highest BCUT2D eigenvalue weighted by atomic mass is 16.2. The number of amides is 1. The topological polar surface area (TPSA) is 44.4 Å². The predicted octanol–water partition coefficient (Wildman–Crippen LogP) is 0.975. The first-order valence-corrected chi connectivity index (χ1v) is 6.92. The second-order valence-corrected chi connectivity index (χ2v) is 4.80. The Hall–Kier alpha value is -0.610. The number of hydrogen-bond acceptors (Lipinski definition) is 3. The van der Waals surface area contributed by atoms with E-state index < -0.39 is 0 Å². The molecule has 100 valence electrons. The van der Waals surface area contributed by atoms with E-state index in [9.17, 15) is 4.79 Å². The van der Waals surface area contributed by atoms with Crippen LogP contribution in [0, 0.1) is 0 Å². The minimum atomic E-state index is 0.0110. The molecule has 1 aliphatic heterocycles. The van der Waals surface area contributed by atoms with Crippen LogP contribution in [0.15, 0.2) is 0 Å². The average Bonchev–Trinajstić information content (AvgIpc) is 2.37. The number of rotatable bonds is 6. The van der Waals surface area contributed by atoms with Gasteiger partial charge in [0.25, 0.3) is 0 Å². The van der Waals surface area contributed by atoms with Crippen LogP contribution in [0.1, 0.15) is 39.5 Å². The third-order valence-corrected chi connectivity index (χ3v) is 3.55. The van der Waals surface area contributed by atoms with Gasteiger partial charge in [-0.25, -0.2) is 0 Å². The zero-order valence-electron chi connectivity index (χ0n) is 11.5. The monoisotopic (exact) mass is 241 g/mol. The Balaban J connectivity index is 2.69. The van der Waals surface area contributed by atoms with Crippen molar-refractivity contribution in [3.05, 3.63) is 0 Å². The third kappa shape index (κ3) is 3.96. The van der Waals surface area contributed by atoms with Crippen molar-refractivity contribution in [3.8, 4) is 0 Å². The molecule has 1 fully saturated rings. The van der Waals surface area contributed by atoms with Crippen molar-refractivity contribution < 1.29 is 4.79 Å². The highest BCUT2D eigenvalue weighted by molar-refractivity contribution is 5.81. The molecule has 1 rings (SSSR count). The largest absolute Gasteiger partial charge is 0.358 e. The van der Waals surface area contributed by atoms with Crippen LogP contribution in [0.3, 0.4) is 0 Å². The number of piperazine rings is 1. The molecule has 4 nitrogen and oxygen atoms in total. The number of carbonyl (C=O) groups excluding carboxylic acids is 1. The normalized spacial score (nSPS) is 21.8. The van der Waals surface area contributed by atoms with Crippen LogP contribution in [-0.2, 0) is 4.79 Å². The second-order valence-electron chi connectivity index (χ2n) is 4.80. The van der Waals surface area contributed by atoms with Crippen LogP contribution in [0.2, 0.25) is 0 Å². The summed E-state index contributed by atoms with van der Waals surface area (Å²) in [6.07, 6.45) is 4.77. The number of likely N-dealkylation sites (N-methyl/N-ethyl adjacent to an activating group) is 1. The molecule has 4 heteroatoms. The lowest BCUT2D eigenvalue weighted by atomic mass is 10.0. The Bertz CT molecular complexity index is 227. The summed E-state index contributed by atoms with van der Waals surface area (Å²) in [5, 5.41) is 6.10. The molecule has 0 saturated carbocycles. The summed E-state index contributed by atoms with van der Waals surface area (Å²) in [7, 11) is 1.73. The molecule has 0 aromatic heterocycles. The van der Waals surface area contributed by atoms with Gasteiger partial charge in [-0.2, -0.15) is 0 Å². The maximum absolute atomic E-state index is 11.9. The van der Waals surface area contributed by atoms with E-state index in [2.05, 4.69) is 29.4 Å². The minimum absolute atomic E-state index is 0.0110. The molecule has 1 atom stereocenters. The summed E-state index contributed by atoms with van der Waals surface area (Å²) < 4.78 is 0. The molecule has 0 aromatic carbocycles. The van der Waals surface area contributed by atoms with Crippen LogP contribution in [0.5, 0.6) is 0 Å². The van der Waals surface area contributed by atoms with Gasteiger partial charge in [0.2, 0.25) is 5.91 Å². The molecular weight excluding hydrogens is 214 g/mol. The molecule has 0 bridgehead atoms. The van der Waals surface area contributed by atoms with Crippen LogP contribution in [-0.4, -0.2) is 49.6 Å². The Morgan fingerprint density at radius 3 is 2.59 bits per heavy atom. The van der Waals surface area contributed by atoms with Crippen molar-refractivity contribution in [3.63, 3.8) is 0 Å². The van der Waals surface area contributed by atoms with Crippen molar-refractivity contribution >= 4 is 5.91 Å². The third-order valence-electron chi connectivity index (χ3n) is 3.55. The molecule has 0 radical (unpaired) electrons. The van der Waals surface area contributed by atoms with Crippen molar-refractivity contribution in [1.82, 2.24) is 15.5 Å². The number of nitrogens with one attached hydrogen (secondary N) is 2. The maximum Gasteiger partial charge on any atom is 0.238 e. The van der Waals surface area contributed by atoms with Crippen molar-refractivity contribution in [2.45, 2.75) is 51.6 Å². The fourth-order valence-electron chi connectivity index (χ4n) is 2.71. The summed E-state index contributed by atoms with van der Waals surface area (Å²) in [5.41, 5.74) is 0. The van der Waals surface area contributed by atoms with Gasteiger partial charge in [0.05, 0.1) is 0 Å². The Labute approximate surface area is 105 Å². The summed E-state index contributed by atoms with van der Waals surface area (Å²) in [6, 6.07) is 0.575. The molecule has 2 N–H and O–H groups in total. The smallest absolute Gasteiger partial charge is 0.238 e. The molecule has 1 heterocycles. The Morgan fingerprint density at radius 1 is 1.41 bits per heavy atom. The zero-order chi connectivity index (χ0) is 12.7.